The Hall–Kier alpha value is -2.55. The molecular weight excluding hydrogens is 447 g/mol. The molecule has 0 fully saturated rings. The number of rotatable bonds is 9. The van der Waals surface area contributed by atoms with Crippen LogP contribution < -0.4 is 0 Å². The van der Waals surface area contributed by atoms with E-state index in [0.717, 1.165) is 15.3 Å². The molecule has 170 valence electrons. The Bertz CT molecular complexity index is 1140. The molecule has 0 spiro atoms. The number of thiophene rings is 1. The molecule has 0 saturated heterocycles. The fraction of sp³-hybridized carbons (Fsp3) is 0.292. The van der Waals surface area contributed by atoms with E-state index >= 15 is 0 Å². The highest BCUT2D eigenvalue weighted by molar-refractivity contribution is 7.89. The van der Waals surface area contributed by atoms with Crippen LogP contribution in [0.15, 0.2) is 71.6 Å². The molecule has 1 heterocycles. The lowest BCUT2D eigenvalue weighted by Gasteiger charge is -2.29. The van der Waals surface area contributed by atoms with Crippen molar-refractivity contribution in [1.82, 2.24) is 9.21 Å². The van der Waals surface area contributed by atoms with Gasteiger partial charge in [0.15, 0.2) is 0 Å². The first-order chi connectivity index (χ1) is 15.2. The molecule has 0 radical (unpaired) electrons. The standard InChI is InChI=1S/C24H27FN2O3S2/c1-18(2)27(32(29,30)23-7-5-4-6-8-23)17-24(28)26(16-22-14-9-19(3)31-22)15-20-10-12-21(25)13-11-20/h4-14,18H,15-17H2,1-3H3. The van der Waals surface area contributed by atoms with Gasteiger partial charge in [0.05, 0.1) is 18.0 Å². The molecule has 0 bridgehead atoms. The monoisotopic (exact) mass is 474 g/mol. The Kier molecular flexibility index (Phi) is 7.82. The normalized spacial score (nSPS) is 11.8. The minimum atomic E-state index is -3.84. The van der Waals surface area contributed by atoms with Crippen molar-refractivity contribution < 1.29 is 17.6 Å². The van der Waals surface area contributed by atoms with Crippen LogP contribution >= 0.6 is 11.3 Å². The number of benzene rings is 2. The number of nitrogens with zero attached hydrogens (tertiary/aromatic N) is 2. The lowest BCUT2D eigenvalue weighted by molar-refractivity contribution is -0.132. The summed E-state index contributed by atoms with van der Waals surface area (Å²) in [4.78, 5) is 17.3. The summed E-state index contributed by atoms with van der Waals surface area (Å²) in [7, 11) is -3.84. The fourth-order valence-electron chi connectivity index (χ4n) is 3.31. The quantitative estimate of drug-likeness (QED) is 0.447. The van der Waals surface area contributed by atoms with Crippen LogP contribution in [0.1, 0.15) is 29.2 Å². The van der Waals surface area contributed by atoms with Crippen LogP contribution in [0.5, 0.6) is 0 Å². The van der Waals surface area contributed by atoms with Crippen LogP contribution in [0.3, 0.4) is 0 Å². The van der Waals surface area contributed by atoms with Crippen molar-refractivity contribution in [2.45, 2.75) is 44.8 Å². The van der Waals surface area contributed by atoms with Crippen LogP contribution in [0.4, 0.5) is 4.39 Å². The van der Waals surface area contributed by atoms with Crippen LogP contribution in [0.25, 0.3) is 0 Å². The Labute approximate surface area is 193 Å². The highest BCUT2D eigenvalue weighted by Crippen LogP contribution is 2.21. The van der Waals surface area contributed by atoms with E-state index in [1.54, 1.807) is 60.4 Å². The topological polar surface area (TPSA) is 57.7 Å². The van der Waals surface area contributed by atoms with Gasteiger partial charge in [-0.2, -0.15) is 4.31 Å². The summed E-state index contributed by atoms with van der Waals surface area (Å²) in [5.74, 6) is -0.658. The molecule has 1 amide bonds. The largest absolute Gasteiger partial charge is 0.332 e. The van der Waals surface area contributed by atoms with Gasteiger partial charge in [-0.25, -0.2) is 12.8 Å². The van der Waals surface area contributed by atoms with Crippen molar-refractivity contribution in [2.24, 2.45) is 0 Å². The Balaban J connectivity index is 1.86. The first-order valence-electron chi connectivity index (χ1n) is 10.3. The first kappa shape index (κ1) is 24.1. The van der Waals surface area contributed by atoms with E-state index in [4.69, 9.17) is 0 Å². The fourth-order valence-corrected chi connectivity index (χ4v) is 5.82. The van der Waals surface area contributed by atoms with Crippen LogP contribution in [-0.2, 0) is 27.9 Å². The predicted octanol–water partition coefficient (Wildman–Crippen LogP) is 4.82. The minimum Gasteiger partial charge on any atom is -0.332 e. The zero-order valence-electron chi connectivity index (χ0n) is 18.4. The van der Waals surface area contributed by atoms with Crippen LogP contribution in [0.2, 0.25) is 0 Å². The third-order valence-corrected chi connectivity index (χ3v) is 8.02. The van der Waals surface area contributed by atoms with E-state index < -0.39 is 16.1 Å². The average molecular weight is 475 g/mol. The molecular formula is C24H27FN2O3S2. The number of hydrogen-bond acceptors (Lipinski definition) is 4. The summed E-state index contributed by atoms with van der Waals surface area (Å²) < 4.78 is 41.0. The van der Waals surface area contributed by atoms with Gasteiger partial charge in [-0.05, 0) is 62.7 Å². The first-order valence-corrected chi connectivity index (χ1v) is 12.6. The molecule has 0 N–H and O–H groups in total. The molecule has 0 saturated carbocycles. The van der Waals surface area contributed by atoms with E-state index in [9.17, 15) is 17.6 Å². The molecule has 32 heavy (non-hydrogen) atoms. The van der Waals surface area contributed by atoms with E-state index in [0.29, 0.717) is 6.54 Å². The van der Waals surface area contributed by atoms with Gasteiger partial charge in [0.1, 0.15) is 5.82 Å². The lowest BCUT2D eigenvalue weighted by atomic mass is 10.2. The Morgan fingerprint density at radius 3 is 2.19 bits per heavy atom. The predicted molar refractivity (Wildman–Crippen MR) is 125 cm³/mol. The zero-order valence-corrected chi connectivity index (χ0v) is 20.0. The smallest absolute Gasteiger partial charge is 0.243 e. The summed E-state index contributed by atoms with van der Waals surface area (Å²) in [5, 5.41) is 0. The van der Waals surface area contributed by atoms with Gasteiger partial charge in [-0.3, -0.25) is 4.79 Å². The summed E-state index contributed by atoms with van der Waals surface area (Å²) in [5.41, 5.74) is 0.773. The summed E-state index contributed by atoms with van der Waals surface area (Å²) >= 11 is 1.59. The Morgan fingerprint density at radius 1 is 0.969 bits per heavy atom. The van der Waals surface area contributed by atoms with E-state index in [1.807, 2.05) is 19.1 Å². The third kappa shape index (κ3) is 6.03. The number of halogens is 1. The Morgan fingerprint density at radius 2 is 1.62 bits per heavy atom. The maximum Gasteiger partial charge on any atom is 0.243 e. The van der Waals surface area contributed by atoms with Gasteiger partial charge >= 0.3 is 0 Å². The molecule has 3 aromatic rings. The van der Waals surface area contributed by atoms with Crippen molar-refractivity contribution in [2.75, 3.05) is 6.54 Å². The molecule has 0 aliphatic carbocycles. The summed E-state index contributed by atoms with van der Waals surface area (Å²) in [6, 6.07) is 17.7. The number of sulfonamides is 1. The second-order valence-electron chi connectivity index (χ2n) is 7.85. The van der Waals surface area contributed by atoms with Gasteiger partial charge < -0.3 is 4.90 Å². The molecule has 5 nitrogen and oxygen atoms in total. The molecule has 0 aliphatic rings. The maximum absolute atomic E-state index is 13.4. The number of aryl methyl sites for hydroxylation is 1. The second kappa shape index (κ2) is 10.4. The second-order valence-corrected chi connectivity index (χ2v) is 11.1. The highest BCUT2D eigenvalue weighted by Gasteiger charge is 2.30. The third-order valence-electron chi connectivity index (χ3n) is 5.00. The maximum atomic E-state index is 13.4. The van der Waals surface area contributed by atoms with E-state index in [2.05, 4.69) is 0 Å². The van der Waals surface area contributed by atoms with Crippen molar-refractivity contribution in [3.63, 3.8) is 0 Å². The molecule has 0 aliphatic heterocycles. The number of hydrogen-bond donors (Lipinski definition) is 0. The van der Waals surface area contributed by atoms with E-state index in [-0.39, 0.29) is 29.7 Å². The number of carbonyl (C=O) groups excluding carboxylic acids is 1. The average Bonchev–Trinajstić information content (AvgIpc) is 3.17. The highest BCUT2D eigenvalue weighted by atomic mass is 32.2. The van der Waals surface area contributed by atoms with Crippen molar-refractivity contribution in [1.29, 1.82) is 0 Å². The van der Waals surface area contributed by atoms with E-state index in [1.165, 1.54) is 28.6 Å². The molecule has 3 rings (SSSR count). The van der Waals surface area contributed by atoms with Gasteiger partial charge in [-0.1, -0.05) is 30.3 Å². The van der Waals surface area contributed by atoms with Gasteiger partial charge in [0.2, 0.25) is 15.9 Å². The van der Waals surface area contributed by atoms with Crippen molar-refractivity contribution in [3.8, 4) is 0 Å². The molecule has 0 atom stereocenters. The van der Waals surface area contributed by atoms with Gasteiger partial charge in [0.25, 0.3) is 0 Å². The lowest BCUT2D eigenvalue weighted by Crippen LogP contribution is -2.45. The summed E-state index contributed by atoms with van der Waals surface area (Å²) in [6.45, 7) is 5.83. The zero-order chi connectivity index (χ0) is 23.3. The van der Waals surface area contributed by atoms with Crippen molar-refractivity contribution >= 4 is 27.3 Å². The van der Waals surface area contributed by atoms with Crippen LogP contribution in [-0.4, -0.2) is 36.1 Å². The molecule has 1 aromatic heterocycles. The molecule has 8 heteroatoms. The summed E-state index contributed by atoms with van der Waals surface area (Å²) in [6.07, 6.45) is 0. The van der Waals surface area contributed by atoms with Crippen molar-refractivity contribution in [3.05, 3.63) is 87.9 Å². The molecule has 2 aromatic carbocycles. The number of carbonyl (C=O) groups is 1. The van der Waals surface area contributed by atoms with Gasteiger partial charge in [-0.15, -0.1) is 11.3 Å². The van der Waals surface area contributed by atoms with Crippen LogP contribution in [0, 0.1) is 12.7 Å². The van der Waals surface area contributed by atoms with Gasteiger partial charge in [0, 0.05) is 22.3 Å². The number of amides is 1. The molecule has 0 unspecified atom stereocenters. The minimum absolute atomic E-state index is 0.153. The SMILES string of the molecule is Cc1ccc(CN(Cc2ccc(F)cc2)C(=O)CN(C(C)C)S(=O)(=O)c2ccccc2)s1.